The molecule has 3 aliphatic heterocycles. The molecular weight excluding hydrogens is 1260 g/mol. The van der Waals surface area contributed by atoms with Crippen molar-refractivity contribution in [2.75, 3.05) is 70.1 Å². The molecule has 8 aromatic rings. The van der Waals surface area contributed by atoms with Gasteiger partial charge in [-0.15, -0.1) is 0 Å². The first-order valence-corrected chi connectivity index (χ1v) is 30.7. The molecule has 0 unspecified atom stereocenters. The number of nitrogens with one attached hydrogen (secondary N) is 2. The van der Waals surface area contributed by atoms with Gasteiger partial charge in [-0.1, -0.05) is 13.8 Å². The number of amides is 4. The number of methoxy groups -OCH3 is 1. The van der Waals surface area contributed by atoms with Crippen LogP contribution in [-0.4, -0.2) is 156 Å². The van der Waals surface area contributed by atoms with E-state index in [2.05, 4.69) is 40.0 Å². The molecule has 502 valence electrons. The summed E-state index contributed by atoms with van der Waals surface area (Å²) in [5.41, 5.74) is 3.86. The van der Waals surface area contributed by atoms with Crippen LogP contribution in [0.5, 0.6) is 11.5 Å². The first kappa shape index (κ1) is 67.8. The summed E-state index contributed by atoms with van der Waals surface area (Å²) >= 11 is 0. The van der Waals surface area contributed by atoms with Gasteiger partial charge in [0.15, 0.2) is 46.1 Å². The van der Waals surface area contributed by atoms with Crippen molar-refractivity contribution in [1.82, 2.24) is 48.3 Å². The second-order valence-electron chi connectivity index (χ2n) is 23.6. The molecule has 2 N–H and O–H groups in total. The van der Waals surface area contributed by atoms with Crippen molar-refractivity contribution < 1.29 is 78.0 Å². The number of piperidine rings is 2. The van der Waals surface area contributed by atoms with Gasteiger partial charge in [0.1, 0.15) is 5.60 Å². The van der Waals surface area contributed by atoms with E-state index in [1.54, 1.807) is 43.9 Å². The number of alkyl halides is 4. The number of aromatic nitrogens is 6. The zero-order valence-electron chi connectivity index (χ0n) is 52.6. The number of ether oxygens (including phenoxy) is 4. The van der Waals surface area contributed by atoms with Gasteiger partial charge in [-0.25, -0.2) is 33.5 Å². The number of aryl methyl sites for hydroxylation is 2. The number of benzene rings is 4. The Labute approximate surface area is 539 Å². The molecule has 0 spiro atoms. The van der Waals surface area contributed by atoms with Crippen molar-refractivity contribution in [2.24, 2.45) is 11.8 Å². The predicted molar refractivity (Wildman–Crippen MR) is 332 cm³/mol. The van der Waals surface area contributed by atoms with Gasteiger partial charge in [0.2, 0.25) is 17.5 Å². The molecular formula is C66H68F8N12O9. The summed E-state index contributed by atoms with van der Waals surface area (Å²) in [7, 11) is 1.36. The molecule has 0 atom stereocenters. The minimum Gasteiger partial charge on any atom is -0.469 e. The standard InChI is InChI=1S/C37H41F4N7O5.C29H27F4N5O4/c1-5-22-20-24(44-31-32-43-21-27(48(32)15-12-42-31)26-8-9-28(52-35(40)41)30(39)29(26)38)6-7-25(22)34(50)45-13-10-23(11-14-45)33(49)46-16-18-47(19-17-46)36(51)53-37(2,3)4;1-3-16-14-18(4-5-19(16)27(39)37-11-8-17(9-12-37)28(40)41-2)36-25-26-35-15-21(38(26)13-10-34-25)20-6-7-22(42-29(32)33)24(31)23(20)30/h6-9,12,15,20-21,23,35H,5,10-11,13-14,16-19H2,1-4H3,(H,42,44);4-7,10,13-15,17,29H,3,8-9,11-12H2,1-2H3,(H,34,36). The van der Waals surface area contributed by atoms with Crippen LogP contribution < -0.4 is 20.1 Å². The quantitative estimate of drug-likeness (QED) is 0.0679. The Balaban J connectivity index is 0.000000213. The number of carbonyl (C=O) groups is 5. The van der Waals surface area contributed by atoms with Crippen LogP contribution in [0.4, 0.5) is 62.9 Å². The number of halogens is 8. The molecule has 0 bridgehead atoms. The van der Waals surface area contributed by atoms with E-state index in [0.29, 0.717) is 131 Å². The van der Waals surface area contributed by atoms with Gasteiger partial charge in [0.25, 0.3) is 11.8 Å². The zero-order chi connectivity index (χ0) is 68.0. The van der Waals surface area contributed by atoms with Gasteiger partial charge in [-0.3, -0.25) is 28.0 Å². The number of imidazole rings is 2. The van der Waals surface area contributed by atoms with Crippen LogP contribution in [0.15, 0.2) is 97.8 Å². The Morgan fingerprint density at radius 1 is 0.547 bits per heavy atom. The molecule has 95 heavy (non-hydrogen) atoms. The Bertz CT molecular complexity index is 4160. The third-order valence-electron chi connectivity index (χ3n) is 16.6. The van der Waals surface area contributed by atoms with Crippen molar-refractivity contribution in [3.8, 4) is 34.0 Å². The van der Waals surface area contributed by atoms with Crippen LogP contribution in [0.2, 0.25) is 0 Å². The lowest BCUT2D eigenvalue weighted by Crippen LogP contribution is -2.53. The lowest BCUT2D eigenvalue weighted by molar-refractivity contribution is -0.146. The van der Waals surface area contributed by atoms with Gasteiger partial charge < -0.3 is 49.2 Å². The average molecular weight is 1330 g/mol. The SMILES string of the molecule is CCc1cc(Nc2nccn3c(-c4ccc(OC(F)F)c(F)c4F)cnc23)ccc1C(=O)N1CCC(C(=O)N2CCN(C(=O)OC(C)(C)C)CC2)CC1.CCc1cc(Nc2nccn3c(-c4ccc(OC(F)F)c(F)c4F)cnc23)ccc1C(=O)N1CCC(C(=O)OC)CC1. The van der Waals surface area contributed by atoms with Crippen molar-refractivity contribution >= 4 is 64.1 Å². The van der Waals surface area contributed by atoms with Crippen LogP contribution in [-0.2, 0) is 31.9 Å². The minimum atomic E-state index is -3.31. The molecule has 0 saturated carbocycles. The smallest absolute Gasteiger partial charge is 0.410 e. The van der Waals surface area contributed by atoms with Crippen molar-refractivity contribution in [2.45, 2.75) is 92.0 Å². The number of nitrogens with zero attached hydrogens (tertiary/aromatic N) is 10. The molecule has 0 radical (unpaired) electrons. The Hall–Kier alpha value is -10.1. The number of piperazine rings is 1. The number of fused-ring (bicyclic) bond motifs is 2. The van der Waals surface area contributed by atoms with E-state index in [9.17, 15) is 59.1 Å². The fourth-order valence-corrected chi connectivity index (χ4v) is 11.7. The summed E-state index contributed by atoms with van der Waals surface area (Å²) in [5.74, 6) is -7.84. The molecule has 0 aliphatic carbocycles. The molecule has 3 fully saturated rings. The van der Waals surface area contributed by atoms with Gasteiger partial charge in [-0.2, -0.15) is 26.3 Å². The summed E-state index contributed by atoms with van der Waals surface area (Å²) in [5, 5.41) is 6.37. The first-order chi connectivity index (χ1) is 45.4. The minimum absolute atomic E-state index is 0.0495. The van der Waals surface area contributed by atoms with E-state index in [-0.39, 0.29) is 69.8 Å². The van der Waals surface area contributed by atoms with Crippen molar-refractivity contribution in [1.29, 1.82) is 0 Å². The number of anilines is 4. The molecule has 4 aromatic carbocycles. The maximum Gasteiger partial charge on any atom is 0.410 e. The topological polar surface area (TPSA) is 220 Å². The number of likely N-dealkylation sites (tertiary alicyclic amines) is 2. The summed E-state index contributed by atoms with van der Waals surface area (Å²) in [6.07, 6.45) is 11.5. The van der Waals surface area contributed by atoms with Crippen LogP contribution in [0.1, 0.15) is 92.1 Å². The largest absolute Gasteiger partial charge is 0.469 e. The van der Waals surface area contributed by atoms with Gasteiger partial charge in [-0.05, 0) is 131 Å². The molecule has 3 saturated heterocycles. The number of hydrogen-bond acceptors (Lipinski definition) is 15. The van der Waals surface area contributed by atoms with Gasteiger partial charge in [0.05, 0.1) is 36.8 Å². The highest BCUT2D eigenvalue weighted by atomic mass is 19.3. The molecule has 3 aliphatic rings. The van der Waals surface area contributed by atoms with Gasteiger partial charge >= 0.3 is 25.3 Å². The highest BCUT2D eigenvalue weighted by molar-refractivity contribution is 5.97. The summed E-state index contributed by atoms with van der Waals surface area (Å²) in [6.45, 7) is 6.23. The summed E-state index contributed by atoms with van der Waals surface area (Å²) in [6, 6.07) is 14.7. The third-order valence-corrected chi connectivity index (χ3v) is 16.6. The maximum atomic E-state index is 14.9. The number of esters is 1. The lowest BCUT2D eigenvalue weighted by Gasteiger charge is -2.39. The fraction of sp³-hybridized carbons (Fsp3) is 0.379. The number of hydrogen-bond donors (Lipinski definition) is 2. The Kier molecular flexibility index (Phi) is 20.7. The van der Waals surface area contributed by atoms with Gasteiger partial charge in [0, 0.05) is 117 Å². The van der Waals surface area contributed by atoms with Crippen LogP contribution in [0.25, 0.3) is 33.8 Å². The predicted octanol–water partition coefficient (Wildman–Crippen LogP) is 12.1. The maximum absolute atomic E-state index is 14.9. The highest BCUT2D eigenvalue weighted by Crippen LogP contribution is 2.36. The average Bonchev–Trinajstić information content (AvgIpc) is 1.69. The van der Waals surface area contributed by atoms with E-state index in [0.717, 1.165) is 35.4 Å². The van der Waals surface area contributed by atoms with E-state index >= 15 is 0 Å². The van der Waals surface area contributed by atoms with Crippen LogP contribution in [0, 0.1) is 35.1 Å². The van der Waals surface area contributed by atoms with E-state index in [1.165, 1.54) is 53.1 Å². The van der Waals surface area contributed by atoms with Crippen LogP contribution in [0.3, 0.4) is 0 Å². The number of carbonyl (C=O) groups excluding carboxylic acids is 5. The first-order valence-electron chi connectivity index (χ1n) is 30.7. The third kappa shape index (κ3) is 15.1. The van der Waals surface area contributed by atoms with E-state index in [1.807, 2.05) is 46.8 Å². The molecule has 11 rings (SSSR count). The van der Waals surface area contributed by atoms with Crippen LogP contribution >= 0.6 is 0 Å². The summed E-state index contributed by atoms with van der Waals surface area (Å²) in [4.78, 5) is 88.8. The Morgan fingerprint density at radius 2 is 0.968 bits per heavy atom. The normalized spacial score (nSPS) is 14.9. The molecule has 29 heteroatoms. The fourth-order valence-electron chi connectivity index (χ4n) is 11.7. The highest BCUT2D eigenvalue weighted by Gasteiger charge is 2.35. The molecule has 7 heterocycles. The van der Waals surface area contributed by atoms with E-state index < -0.39 is 53.6 Å². The summed E-state index contributed by atoms with van der Waals surface area (Å²) < 4.78 is 130. The molecule has 21 nitrogen and oxygen atoms in total. The second-order valence-corrected chi connectivity index (χ2v) is 23.6. The molecule has 4 aromatic heterocycles. The van der Waals surface area contributed by atoms with E-state index in [4.69, 9.17) is 9.47 Å². The second kappa shape index (κ2) is 29.0. The van der Waals surface area contributed by atoms with Crippen molar-refractivity contribution in [3.05, 3.63) is 143 Å². The Morgan fingerprint density at radius 3 is 1.37 bits per heavy atom. The number of rotatable bonds is 16. The molecule has 4 amide bonds. The zero-order valence-corrected chi connectivity index (χ0v) is 52.6. The van der Waals surface area contributed by atoms with Crippen molar-refractivity contribution in [3.63, 3.8) is 0 Å². The lowest BCUT2D eigenvalue weighted by atomic mass is 9.94. The monoisotopic (exact) mass is 1320 g/mol.